The second kappa shape index (κ2) is 9.38. The predicted molar refractivity (Wildman–Crippen MR) is 110 cm³/mol. The Labute approximate surface area is 176 Å². The topological polar surface area (TPSA) is 52.1 Å². The minimum absolute atomic E-state index is 0.0470. The summed E-state index contributed by atoms with van der Waals surface area (Å²) in [6.07, 6.45) is -2.53. The lowest BCUT2D eigenvalue weighted by Crippen LogP contribution is -2.19. The van der Waals surface area contributed by atoms with E-state index in [-0.39, 0.29) is 17.5 Å². The highest BCUT2D eigenvalue weighted by Crippen LogP contribution is 2.26. The van der Waals surface area contributed by atoms with Gasteiger partial charge in [0.05, 0.1) is 11.9 Å². The van der Waals surface area contributed by atoms with Gasteiger partial charge in [0.15, 0.2) is 6.61 Å². The normalized spacial score (nSPS) is 12.6. The summed E-state index contributed by atoms with van der Waals surface area (Å²) >= 11 is 1.42. The molecule has 1 aromatic carbocycles. The molecular formula is C22H21F3N2O2S. The van der Waals surface area contributed by atoms with Gasteiger partial charge in [0, 0.05) is 35.4 Å². The van der Waals surface area contributed by atoms with Crippen LogP contribution < -0.4 is 4.74 Å². The van der Waals surface area contributed by atoms with Gasteiger partial charge in [-0.05, 0) is 41.7 Å². The maximum atomic E-state index is 12.5. The van der Waals surface area contributed by atoms with Crippen LogP contribution in [-0.2, 0) is 11.2 Å². The van der Waals surface area contributed by atoms with Crippen molar-refractivity contribution in [3.05, 3.63) is 64.9 Å². The van der Waals surface area contributed by atoms with Crippen LogP contribution in [0.15, 0.2) is 48.0 Å². The van der Waals surface area contributed by atoms with Crippen LogP contribution in [0.1, 0.15) is 36.2 Å². The summed E-state index contributed by atoms with van der Waals surface area (Å²) < 4.78 is 45.5. The highest BCUT2D eigenvalue weighted by Gasteiger charge is 2.28. The van der Waals surface area contributed by atoms with Gasteiger partial charge in [-0.1, -0.05) is 31.2 Å². The molecule has 158 valence electrons. The number of ketones is 1. The lowest BCUT2D eigenvalue weighted by Gasteiger charge is -2.12. The number of carbonyl (C=O) groups is 1. The number of nitrogens with zero attached hydrogens (tertiary/aromatic N) is 2. The quantitative estimate of drug-likeness (QED) is 0.452. The van der Waals surface area contributed by atoms with Crippen LogP contribution in [0.5, 0.6) is 5.75 Å². The molecule has 0 spiro atoms. The number of benzene rings is 1. The molecule has 0 saturated carbocycles. The molecule has 0 radical (unpaired) electrons. The number of halogens is 3. The minimum Gasteiger partial charge on any atom is -0.483 e. The smallest absolute Gasteiger partial charge is 0.422 e. The Kier molecular flexibility index (Phi) is 6.87. The Morgan fingerprint density at radius 1 is 1.17 bits per heavy atom. The molecule has 0 aliphatic heterocycles. The van der Waals surface area contributed by atoms with E-state index in [1.165, 1.54) is 23.8 Å². The molecule has 2 aromatic heterocycles. The maximum absolute atomic E-state index is 12.5. The number of Topliss-reactive ketones (excluding diaryl/α,β-unsaturated/α-hetero) is 1. The van der Waals surface area contributed by atoms with Gasteiger partial charge >= 0.3 is 6.18 Å². The Balaban J connectivity index is 1.53. The third-order valence-electron chi connectivity index (χ3n) is 4.62. The summed E-state index contributed by atoms with van der Waals surface area (Å²) in [5, 5.41) is 2.00. The second-order valence-electron chi connectivity index (χ2n) is 7.15. The average Bonchev–Trinajstić information content (AvgIpc) is 3.12. The van der Waals surface area contributed by atoms with E-state index in [1.807, 2.05) is 43.5 Å². The molecule has 0 amide bonds. The number of alkyl halides is 3. The van der Waals surface area contributed by atoms with Gasteiger partial charge in [0.25, 0.3) is 0 Å². The number of hydrogen-bond acceptors (Lipinski definition) is 5. The lowest BCUT2D eigenvalue weighted by molar-refractivity contribution is -0.153. The Morgan fingerprint density at radius 2 is 1.90 bits per heavy atom. The maximum Gasteiger partial charge on any atom is 0.422 e. The van der Waals surface area contributed by atoms with Crippen molar-refractivity contribution < 1.29 is 22.7 Å². The van der Waals surface area contributed by atoms with Crippen LogP contribution in [0, 0.1) is 6.92 Å². The first-order valence-corrected chi connectivity index (χ1v) is 10.2. The highest BCUT2D eigenvalue weighted by molar-refractivity contribution is 7.04. The van der Waals surface area contributed by atoms with E-state index in [2.05, 4.69) is 14.1 Å². The van der Waals surface area contributed by atoms with E-state index in [0.29, 0.717) is 18.5 Å². The van der Waals surface area contributed by atoms with Crippen molar-refractivity contribution in [3.63, 3.8) is 0 Å². The van der Waals surface area contributed by atoms with Gasteiger partial charge in [0.1, 0.15) is 11.5 Å². The molecule has 3 aromatic rings. The zero-order chi connectivity index (χ0) is 21.7. The number of carbonyl (C=O) groups excluding carboxylic acids is 1. The summed E-state index contributed by atoms with van der Waals surface area (Å²) in [5.74, 6) is -0.0263. The molecule has 0 saturated heterocycles. The van der Waals surface area contributed by atoms with Gasteiger partial charge in [0.2, 0.25) is 0 Å². The summed E-state index contributed by atoms with van der Waals surface area (Å²) in [5.41, 5.74) is 4.72. The van der Waals surface area contributed by atoms with E-state index >= 15 is 0 Å². The van der Waals surface area contributed by atoms with Crippen molar-refractivity contribution in [3.8, 4) is 16.9 Å². The Hall–Kier alpha value is -2.74. The SMILES string of the molecule is Cc1nscc1-c1ccc(CC(=O)C[C@H](C)c2ccc(OCC(F)(F)F)cn2)cc1. The average molecular weight is 434 g/mol. The standard InChI is InChI=1S/C22H21F3N2O2S/c1-14(21-8-7-19(11-26-21)29-13-22(23,24)25)9-18(28)10-16-3-5-17(6-4-16)20-12-30-27-15(20)2/h3-8,11-12,14H,9-10,13H2,1-2H3/t14-/m0/s1. The monoisotopic (exact) mass is 434 g/mol. The molecule has 2 heterocycles. The molecule has 0 aliphatic carbocycles. The Morgan fingerprint density at radius 3 is 2.47 bits per heavy atom. The van der Waals surface area contributed by atoms with Crippen LogP contribution in [0.25, 0.3) is 11.1 Å². The van der Waals surface area contributed by atoms with Crippen LogP contribution in [0.4, 0.5) is 13.2 Å². The lowest BCUT2D eigenvalue weighted by atomic mass is 9.96. The molecule has 0 bridgehead atoms. The molecule has 0 fully saturated rings. The molecule has 0 aliphatic rings. The van der Waals surface area contributed by atoms with Crippen LogP contribution in [0.3, 0.4) is 0 Å². The molecule has 30 heavy (non-hydrogen) atoms. The molecule has 4 nitrogen and oxygen atoms in total. The fourth-order valence-corrected chi connectivity index (χ4v) is 3.77. The molecule has 0 unspecified atom stereocenters. The van der Waals surface area contributed by atoms with Crippen molar-refractivity contribution in [2.75, 3.05) is 6.61 Å². The Bertz CT molecular complexity index is 983. The highest BCUT2D eigenvalue weighted by atomic mass is 32.1. The number of ether oxygens (including phenoxy) is 1. The van der Waals surface area contributed by atoms with Gasteiger partial charge in [-0.15, -0.1) is 0 Å². The molecule has 8 heteroatoms. The molecule has 3 rings (SSSR count). The van der Waals surface area contributed by atoms with Crippen LogP contribution >= 0.6 is 11.5 Å². The van der Waals surface area contributed by atoms with E-state index in [4.69, 9.17) is 0 Å². The summed E-state index contributed by atoms with van der Waals surface area (Å²) in [6.45, 7) is 2.48. The van der Waals surface area contributed by atoms with E-state index < -0.39 is 12.8 Å². The minimum atomic E-state index is -4.39. The van der Waals surface area contributed by atoms with Gasteiger partial charge in [-0.3, -0.25) is 9.78 Å². The number of aromatic nitrogens is 2. The summed E-state index contributed by atoms with van der Waals surface area (Å²) in [6, 6.07) is 10.9. The molecular weight excluding hydrogens is 413 g/mol. The molecule has 0 N–H and O–H groups in total. The fourth-order valence-electron chi connectivity index (χ4n) is 3.05. The van der Waals surface area contributed by atoms with E-state index in [9.17, 15) is 18.0 Å². The van der Waals surface area contributed by atoms with Crippen molar-refractivity contribution in [2.24, 2.45) is 0 Å². The summed E-state index contributed by atoms with van der Waals surface area (Å²) in [4.78, 5) is 16.6. The van der Waals surface area contributed by atoms with E-state index in [1.54, 1.807) is 6.07 Å². The van der Waals surface area contributed by atoms with Crippen LogP contribution in [-0.4, -0.2) is 27.9 Å². The first-order chi connectivity index (χ1) is 14.2. The van der Waals surface area contributed by atoms with Gasteiger partial charge < -0.3 is 4.74 Å². The second-order valence-corrected chi connectivity index (χ2v) is 7.78. The van der Waals surface area contributed by atoms with Crippen molar-refractivity contribution in [1.29, 1.82) is 0 Å². The van der Waals surface area contributed by atoms with Crippen molar-refractivity contribution >= 4 is 17.3 Å². The van der Waals surface area contributed by atoms with Gasteiger partial charge in [-0.25, -0.2) is 0 Å². The number of rotatable bonds is 8. The number of pyridine rings is 1. The first kappa shape index (κ1) is 22.0. The van der Waals surface area contributed by atoms with Gasteiger partial charge in [-0.2, -0.15) is 17.5 Å². The third kappa shape index (κ3) is 6.13. The van der Waals surface area contributed by atoms with E-state index in [0.717, 1.165) is 22.4 Å². The fraction of sp³-hybridized carbons (Fsp3) is 0.318. The van der Waals surface area contributed by atoms with Crippen molar-refractivity contribution in [1.82, 2.24) is 9.36 Å². The number of hydrogen-bond donors (Lipinski definition) is 0. The predicted octanol–water partition coefficient (Wildman–Crippen LogP) is 5.76. The largest absolute Gasteiger partial charge is 0.483 e. The molecule has 1 atom stereocenters. The third-order valence-corrected chi connectivity index (χ3v) is 5.34. The zero-order valence-corrected chi connectivity index (χ0v) is 17.4. The van der Waals surface area contributed by atoms with Crippen molar-refractivity contribution in [2.45, 2.75) is 38.8 Å². The first-order valence-electron chi connectivity index (χ1n) is 9.39. The van der Waals surface area contributed by atoms with Crippen LogP contribution in [0.2, 0.25) is 0 Å². The number of aryl methyl sites for hydroxylation is 1. The zero-order valence-electron chi connectivity index (χ0n) is 16.6. The summed E-state index contributed by atoms with van der Waals surface area (Å²) in [7, 11) is 0.